The molecule has 1 N–H and O–H groups in total. The summed E-state index contributed by atoms with van der Waals surface area (Å²) in [5.74, 6) is 0. The van der Waals surface area contributed by atoms with Crippen LogP contribution in [-0.2, 0) is 5.41 Å². The van der Waals surface area contributed by atoms with Gasteiger partial charge in [-0.25, -0.2) is 0 Å². The monoisotopic (exact) mass is 153 g/mol. The van der Waals surface area contributed by atoms with Crippen LogP contribution in [0.4, 0.5) is 0 Å². The second-order valence-corrected chi connectivity index (χ2v) is 3.12. The normalized spacial score (nSPS) is 11.9. The van der Waals surface area contributed by atoms with Crippen LogP contribution in [0.3, 0.4) is 0 Å². The van der Waals surface area contributed by atoms with Crippen molar-refractivity contribution in [2.45, 2.75) is 39.0 Å². The summed E-state index contributed by atoms with van der Waals surface area (Å²) >= 11 is 0. The highest BCUT2D eigenvalue weighted by Crippen LogP contribution is 2.28. The van der Waals surface area contributed by atoms with Crippen LogP contribution < -0.4 is 0 Å². The number of rotatable bonds is 3. The molecule has 0 saturated heterocycles. The Morgan fingerprint density at radius 2 is 2.09 bits per heavy atom. The quantitative estimate of drug-likeness (QED) is 0.720. The maximum absolute atomic E-state index is 4.09. The van der Waals surface area contributed by atoms with Crippen molar-refractivity contribution < 1.29 is 0 Å². The zero-order valence-corrected chi connectivity index (χ0v) is 7.39. The molecule has 3 nitrogen and oxygen atoms in total. The molecule has 0 bridgehead atoms. The van der Waals surface area contributed by atoms with Gasteiger partial charge in [0.15, 0.2) is 0 Å². The molecule has 11 heavy (non-hydrogen) atoms. The van der Waals surface area contributed by atoms with Gasteiger partial charge in [-0.05, 0) is 12.8 Å². The van der Waals surface area contributed by atoms with E-state index < -0.39 is 0 Å². The van der Waals surface area contributed by atoms with Crippen molar-refractivity contribution in [2.75, 3.05) is 0 Å². The number of aromatic nitrogens is 3. The van der Waals surface area contributed by atoms with Gasteiger partial charge in [0.05, 0.1) is 11.9 Å². The second kappa shape index (κ2) is 3.03. The minimum atomic E-state index is 0.201. The fourth-order valence-electron chi connectivity index (χ4n) is 1.10. The summed E-state index contributed by atoms with van der Waals surface area (Å²) in [4.78, 5) is 0. The Morgan fingerprint density at radius 3 is 2.45 bits per heavy atom. The molecule has 1 rings (SSSR count). The van der Waals surface area contributed by atoms with Gasteiger partial charge in [-0.15, -0.1) is 0 Å². The van der Waals surface area contributed by atoms with Crippen LogP contribution in [0.2, 0.25) is 0 Å². The molecule has 3 heteroatoms. The van der Waals surface area contributed by atoms with Crippen molar-refractivity contribution in [1.29, 1.82) is 0 Å². The lowest BCUT2D eigenvalue weighted by Gasteiger charge is -2.22. The molecular weight excluding hydrogens is 138 g/mol. The molecule has 0 aliphatic heterocycles. The van der Waals surface area contributed by atoms with Crippen molar-refractivity contribution in [1.82, 2.24) is 15.4 Å². The van der Waals surface area contributed by atoms with Gasteiger partial charge < -0.3 is 0 Å². The minimum Gasteiger partial charge on any atom is -0.198 e. The second-order valence-electron chi connectivity index (χ2n) is 3.12. The first-order valence-electron chi connectivity index (χ1n) is 4.09. The molecule has 1 aromatic heterocycles. The van der Waals surface area contributed by atoms with Crippen LogP contribution in [0, 0.1) is 0 Å². The van der Waals surface area contributed by atoms with Crippen LogP contribution in [0.25, 0.3) is 0 Å². The summed E-state index contributed by atoms with van der Waals surface area (Å²) in [5.41, 5.74) is 1.27. The fraction of sp³-hybridized carbons (Fsp3) is 0.750. The van der Waals surface area contributed by atoms with Crippen molar-refractivity contribution in [3.63, 3.8) is 0 Å². The van der Waals surface area contributed by atoms with E-state index in [-0.39, 0.29) is 5.41 Å². The van der Waals surface area contributed by atoms with Crippen molar-refractivity contribution in [3.05, 3.63) is 11.9 Å². The van der Waals surface area contributed by atoms with Gasteiger partial charge in [-0.3, -0.25) is 0 Å². The van der Waals surface area contributed by atoms with Gasteiger partial charge in [0.1, 0.15) is 0 Å². The first-order chi connectivity index (χ1) is 5.23. The SMILES string of the molecule is CCC(C)(CC)c1cn[nH]n1. The molecule has 1 aromatic rings. The highest BCUT2D eigenvalue weighted by atomic mass is 15.3. The zero-order valence-electron chi connectivity index (χ0n) is 7.39. The summed E-state index contributed by atoms with van der Waals surface area (Å²) in [5, 5.41) is 10.5. The number of hydrogen-bond acceptors (Lipinski definition) is 2. The van der Waals surface area contributed by atoms with Crippen LogP contribution in [0.1, 0.15) is 39.3 Å². The minimum absolute atomic E-state index is 0.201. The van der Waals surface area contributed by atoms with Crippen LogP contribution in [0.5, 0.6) is 0 Å². The Balaban J connectivity index is 2.87. The van der Waals surface area contributed by atoms with Gasteiger partial charge in [-0.2, -0.15) is 15.4 Å². The van der Waals surface area contributed by atoms with E-state index >= 15 is 0 Å². The number of H-pyrrole nitrogens is 1. The van der Waals surface area contributed by atoms with E-state index in [4.69, 9.17) is 0 Å². The molecule has 62 valence electrons. The molecule has 1 heterocycles. The molecule has 0 fully saturated rings. The highest BCUT2D eigenvalue weighted by molar-refractivity contribution is 5.08. The fourth-order valence-corrected chi connectivity index (χ4v) is 1.10. The standard InChI is InChI=1S/C8H15N3/c1-4-8(3,5-2)7-6-9-11-10-7/h6H,4-5H2,1-3H3,(H,9,10,11). The van der Waals surface area contributed by atoms with Gasteiger partial charge in [0, 0.05) is 5.41 Å². The van der Waals surface area contributed by atoms with Gasteiger partial charge in [-0.1, -0.05) is 20.8 Å². The molecule has 0 aliphatic rings. The first kappa shape index (κ1) is 8.24. The van der Waals surface area contributed by atoms with Crippen molar-refractivity contribution in [3.8, 4) is 0 Å². The smallest absolute Gasteiger partial charge is 0.0883 e. The van der Waals surface area contributed by atoms with Crippen molar-refractivity contribution >= 4 is 0 Å². The maximum atomic E-state index is 4.09. The lowest BCUT2D eigenvalue weighted by atomic mass is 9.82. The third-order valence-electron chi connectivity index (χ3n) is 2.59. The van der Waals surface area contributed by atoms with Crippen molar-refractivity contribution in [2.24, 2.45) is 0 Å². The molecule has 0 radical (unpaired) electrons. The number of hydrogen-bond donors (Lipinski definition) is 1. The van der Waals surface area contributed by atoms with E-state index in [1.54, 1.807) is 0 Å². The van der Waals surface area contributed by atoms with E-state index in [0.717, 1.165) is 18.5 Å². The molecule has 0 unspecified atom stereocenters. The topological polar surface area (TPSA) is 41.6 Å². The molecule has 0 atom stereocenters. The largest absolute Gasteiger partial charge is 0.198 e. The predicted octanol–water partition coefficient (Wildman–Crippen LogP) is 1.88. The third kappa shape index (κ3) is 1.42. The lowest BCUT2D eigenvalue weighted by Crippen LogP contribution is -2.19. The molecule has 0 amide bonds. The first-order valence-corrected chi connectivity index (χ1v) is 4.09. The zero-order chi connectivity index (χ0) is 8.32. The molecular formula is C8H15N3. The Labute approximate surface area is 67.2 Å². The third-order valence-corrected chi connectivity index (χ3v) is 2.59. The van der Waals surface area contributed by atoms with E-state index in [0.29, 0.717) is 0 Å². The predicted molar refractivity (Wildman–Crippen MR) is 44.3 cm³/mol. The summed E-state index contributed by atoms with van der Waals surface area (Å²) in [6.45, 7) is 6.57. The number of nitrogens with zero attached hydrogens (tertiary/aromatic N) is 2. The van der Waals surface area contributed by atoms with Crippen LogP contribution in [-0.4, -0.2) is 15.4 Å². The van der Waals surface area contributed by atoms with Gasteiger partial charge >= 0.3 is 0 Å². The number of aromatic amines is 1. The van der Waals surface area contributed by atoms with E-state index in [9.17, 15) is 0 Å². The van der Waals surface area contributed by atoms with E-state index in [2.05, 4.69) is 36.2 Å². The summed E-state index contributed by atoms with van der Waals surface area (Å²) in [6, 6.07) is 0. The Morgan fingerprint density at radius 1 is 1.45 bits per heavy atom. The Bertz CT molecular complexity index is 199. The van der Waals surface area contributed by atoms with E-state index in [1.807, 2.05) is 6.20 Å². The average molecular weight is 153 g/mol. The lowest BCUT2D eigenvalue weighted by molar-refractivity contribution is 0.425. The Hall–Kier alpha value is -0.860. The molecule has 0 saturated carbocycles. The van der Waals surface area contributed by atoms with Gasteiger partial charge in [0.25, 0.3) is 0 Å². The maximum Gasteiger partial charge on any atom is 0.0883 e. The van der Waals surface area contributed by atoms with Crippen LogP contribution >= 0.6 is 0 Å². The average Bonchev–Trinajstić information content (AvgIpc) is 2.55. The van der Waals surface area contributed by atoms with Gasteiger partial charge in [0.2, 0.25) is 0 Å². The molecule has 0 aromatic carbocycles. The summed E-state index contributed by atoms with van der Waals surface area (Å²) in [7, 11) is 0. The molecule has 0 aliphatic carbocycles. The van der Waals surface area contributed by atoms with Crippen LogP contribution in [0.15, 0.2) is 6.20 Å². The molecule has 0 spiro atoms. The summed E-state index contributed by atoms with van der Waals surface area (Å²) in [6.07, 6.45) is 4.03. The Kier molecular flexibility index (Phi) is 2.27. The number of nitrogens with one attached hydrogen (secondary N) is 1. The highest BCUT2D eigenvalue weighted by Gasteiger charge is 2.24. The van der Waals surface area contributed by atoms with E-state index in [1.165, 1.54) is 0 Å². The summed E-state index contributed by atoms with van der Waals surface area (Å²) < 4.78 is 0.